The van der Waals surface area contributed by atoms with Gasteiger partial charge in [0.25, 0.3) is 0 Å². The van der Waals surface area contributed by atoms with Crippen LogP contribution in [0.3, 0.4) is 0 Å². The molecule has 1 aliphatic heterocycles. The van der Waals surface area contributed by atoms with E-state index in [4.69, 9.17) is 15.3 Å². The average Bonchev–Trinajstić information content (AvgIpc) is 3.41. The van der Waals surface area contributed by atoms with Crippen molar-refractivity contribution in [3.8, 4) is 34.8 Å². The van der Waals surface area contributed by atoms with E-state index in [1.54, 1.807) is 23.3 Å². The van der Waals surface area contributed by atoms with Gasteiger partial charge in [-0.05, 0) is 12.1 Å². The third-order valence-corrected chi connectivity index (χ3v) is 5.51. The highest BCUT2D eigenvalue weighted by Crippen LogP contribution is 2.34. The van der Waals surface area contributed by atoms with Gasteiger partial charge in [0.1, 0.15) is 22.4 Å². The summed E-state index contributed by atoms with van der Waals surface area (Å²) in [6, 6.07) is 8.20. The SMILES string of the molecule is Cn1cc(-c2cc3nccnc3c(-c3ccn(C4(CC#N)CN(CC#N)C4)n3)n2)cn1. The second kappa shape index (κ2) is 7.27. The molecule has 0 radical (unpaired) electrons. The van der Waals surface area contributed by atoms with E-state index < -0.39 is 5.54 Å². The highest BCUT2D eigenvalue weighted by atomic mass is 15.4. The molecule has 10 nitrogen and oxygen atoms in total. The number of rotatable bonds is 5. The van der Waals surface area contributed by atoms with Gasteiger partial charge in [-0.2, -0.15) is 20.7 Å². The normalized spacial score (nSPS) is 15.3. The predicted octanol–water partition coefficient (Wildman–Crippen LogP) is 1.74. The fourth-order valence-corrected chi connectivity index (χ4v) is 4.05. The quantitative estimate of drug-likeness (QED) is 0.456. The summed E-state index contributed by atoms with van der Waals surface area (Å²) in [4.78, 5) is 15.8. The van der Waals surface area contributed by atoms with E-state index in [9.17, 15) is 5.26 Å². The Morgan fingerprint density at radius 1 is 1.13 bits per heavy atom. The van der Waals surface area contributed by atoms with Gasteiger partial charge in [-0.1, -0.05) is 0 Å². The first-order valence-electron chi connectivity index (χ1n) is 9.75. The second-order valence-corrected chi connectivity index (χ2v) is 7.69. The van der Waals surface area contributed by atoms with E-state index in [1.165, 1.54) is 0 Å². The van der Waals surface area contributed by atoms with Crippen molar-refractivity contribution in [3.63, 3.8) is 0 Å². The van der Waals surface area contributed by atoms with Crippen LogP contribution in [-0.4, -0.2) is 59.0 Å². The summed E-state index contributed by atoms with van der Waals surface area (Å²) in [7, 11) is 1.86. The number of hydrogen-bond acceptors (Lipinski definition) is 8. The van der Waals surface area contributed by atoms with Crippen LogP contribution in [0.2, 0.25) is 0 Å². The topological polar surface area (TPSA) is 125 Å². The summed E-state index contributed by atoms with van der Waals surface area (Å²) >= 11 is 0. The summed E-state index contributed by atoms with van der Waals surface area (Å²) in [5.74, 6) is 0. The Balaban J connectivity index is 1.58. The van der Waals surface area contributed by atoms with E-state index in [1.807, 2.05) is 41.2 Å². The Hall–Kier alpha value is -4.15. The molecule has 31 heavy (non-hydrogen) atoms. The van der Waals surface area contributed by atoms with Gasteiger partial charge < -0.3 is 0 Å². The minimum atomic E-state index is -0.438. The molecule has 4 aromatic heterocycles. The summed E-state index contributed by atoms with van der Waals surface area (Å²) in [5, 5.41) is 27.3. The maximum Gasteiger partial charge on any atom is 0.119 e. The van der Waals surface area contributed by atoms with Gasteiger partial charge in [0.05, 0.1) is 42.5 Å². The number of nitriles is 2. The molecule has 152 valence electrons. The van der Waals surface area contributed by atoms with Crippen molar-refractivity contribution in [2.45, 2.75) is 12.0 Å². The summed E-state index contributed by atoms with van der Waals surface area (Å²) in [6.07, 6.45) is 9.13. The lowest BCUT2D eigenvalue weighted by atomic mass is 9.87. The van der Waals surface area contributed by atoms with Gasteiger partial charge in [-0.3, -0.25) is 24.2 Å². The van der Waals surface area contributed by atoms with Crippen molar-refractivity contribution >= 4 is 11.0 Å². The lowest BCUT2D eigenvalue weighted by molar-refractivity contribution is 0.0158. The molecule has 0 unspecified atom stereocenters. The molecule has 0 atom stereocenters. The number of nitrogens with zero attached hydrogens (tertiary/aromatic N) is 10. The molecule has 10 heteroatoms. The largest absolute Gasteiger partial charge is 0.286 e. The molecule has 0 spiro atoms. The Labute approximate surface area is 178 Å². The maximum absolute atomic E-state index is 9.36. The summed E-state index contributed by atoms with van der Waals surface area (Å²) in [5.41, 5.74) is 3.84. The Morgan fingerprint density at radius 3 is 2.71 bits per heavy atom. The zero-order valence-electron chi connectivity index (χ0n) is 16.8. The molecule has 0 bridgehead atoms. The zero-order chi connectivity index (χ0) is 21.4. The number of fused-ring (bicyclic) bond motifs is 1. The predicted molar refractivity (Wildman–Crippen MR) is 111 cm³/mol. The zero-order valence-corrected chi connectivity index (χ0v) is 16.8. The highest BCUT2D eigenvalue weighted by Gasteiger charge is 2.45. The molecule has 0 aromatic carbocycles. The lowest BCUT2D eigenvalue weighted by Crippen LogP contribution is -2.62. The van der Waals surface area contributed by atoms with Gasteiger partial charge in [-0.15, -0.1) is 0 Å². The van der Waals surface area contributed by atoms with Crippen molar-refractivity contribution < 1.29 is 0 Å². The monoisotopic (exact) mass is 410 g/mol. The van der Waals surface area contributed by atoms with Gasteiger partial charge >= 0.3 is 0 Å². The second-order valence-electron chi connectivity index (χ2n) is 7.69. The first kappa shape index (κ1) is 18.9. The van der Waals surface area contributed by atoms with Crippen LogP contribution in [0.25, 0.3) is 33.7 Å². The molecule has 0 N–H and O–H groups in total. The van der Waals surface area contributed by atoms with E-state index in [0.29, 0.717) is 43.0 Å². The number of pyridine rings is 1. The van der Waals surface area contributed by atoms with Crippen LogP contribution < -0.4 is 0 Å². The van der Waals surface area contributed by atoms with E-state index in [2.05, 4.69) is 27.2 Å². The van der Waals surface area contributed by atoms with E-state index in [0.717, 1.165) is 16.8 Å². The van der Waals surface area contributed by atoms with Crippen LogP contribution in [0.1, 0.15) is 6.42 Å². The first-order chi connectivity index (χ1) is 15.1. The fourth-order valence-electron chi connectivity index (χ4n) is 4.05. The van der Waals surface area contributed by atoms with Gasteiger partial charge in [-0.25, -0.2) is 4.98 Å². The van der Waals surface area contributed by atoms with Gasteiger partial charge in [0, 0.05) is 50.5 Å². The number of likely N-dealkylation sites (tertiary alicyclic amines) is 1. The number of aryl methyl sites for hydroxylation is 1. The van der Waals surface area contributed by atoms with Crippen LogP contribution in [-0.2, 0) is 12.6 Å². The summed E-state index contributed by atoms with van der Waals surface area (Å²) < 4.78 is 3.56. The number of aromatic nitrogens is 7. The molecule has 5 rings (SSSR count). The molecule has 0 aliphatic carbocycles. The minimum Gasteiger partial charge on any atom is -0.286 e. The molecule has 4 aromatic rings. The van der Waals surface area contributed by atoms with Crippen molar-refractivity contribution in [3.05, 3.63) is 43.1 Å². The van der Waals surface area contributed by atoms with Crippen LogP contribution in [0, 0.1) is 22.7 Å². The first-order valence-corrected chi connectivity index (χ1v) is 9.75. The van der Waals surface area contributed by atoms with E-state index >= 15 is 0 Å². The van der Waals surface area contributed by atoms with Crippen LogP contribution in [0.5, 0.6) is 0 Å². The molecule has 1 saturated heterocycles. The molecule has 0 saturated carbocycles. The molecule has 1 fully saturated rings. The van der Waals surface area contributed by atoms with Crippen LogP contribution >= 0.6 is 0 Å². The minimum absolute atomic E-state index is 0.319. The van der Waals surface area contributed by atoms with Crippen molar-refractivity contribution in [2.24, 2.45) is 7.05 Å². The van der Waals surface area contributed by atoms with Gasteiger partial charge in [0.15, 0.2) is 0 Å². The van der Waals surface area contributed by atoms with Crippen molar-refractivity contribution in [1.82, 2.24) is 39.4 Å². The van der Waals surface area contributed by atoms with Crippen molar-refractivity contribution in [2.75, 3.05) is 19.6 Å². The molecule has 5 heterocycles. The maximum atomic E-state index is 9.36. The Morgan fingerprint density at radius 2 is 1.97 bits per heavy atom. The van der Waals surface area contributed by atoms with Crippen LogP contribution in [0.4, 0.5) is 0 Å². The molecular weight excluding hydrogens is 392 g/mol. The third-order valence-electron chi connectivity index (χ3n) is 5.51. The smallest absolute Gasteiger partial charge is 0.119 e. The standard InChI is InChI=1S/C21H18N10/c1-29-12-15(11-26-29)17-10-18-19(25-7-6-24-18)20(27-17)16-2-8-31(28-16)21(3-4-22)13-30(14-21)9-5-23/h2,6-8,10-12H,3,9,13-14H2,1H3. The van der Waals surface area contributed by atoms with Crippen molar-refractivity contribution in [1.29, 1.82) is 10.5 Å². The average molecular weight is 410 g/mol. The number of hydrogen-bond donors (Lipinski definition) is 0. The molecular formula is C21H18N10. The Bertz CT molecular complexity index is 1350. The van der Waals surface area contributed by atoms with Gasteiger partial charge in [0.2, 0.25) is 0 Å². The fraction of sp³-hybridized carbons (Fsp3) is 0.286. The third kappa shape index (κ3) is 3.19. The Kier molecular flexibility index (Phi) is 4.42. The molecule has 0 amide bonds. The highest BCUT2D eigenvalue weighted by molar-refractivity contribution is 5.90. The van der Waals surface area contributed by atoms with E-state index in [-0.39, 0.29) is 0 Å². The van der Waals surface area contributed by atoms with Crippen LogP contribution in [0.15, 0.2) is 43.1 Å². The summed E-state index contributed by atoms with van der Waals surface area (Å²) in [6.45, 7) is 1.56. The molecule has 1 aliphatic rings. The lowest BCUT2D eigenvalue weighted by Gasteiger charge is -2.48.